The van der Waals surface area contributed by atoms with E-state index >= 15 is 0 Å². The minimum absolute atomic E-state index is 0.0101. The second-order valence-corrected chi connectivity index (χ2v) is 23.5. The third kappa shape index (κ3) is 61.4. The molecular formula is C69H133NO5. The quantitative estimate of drug-likeness (QED) is 0.0320. The molecule has 6 heteroatoms. The van der Waals surface area contributed by atoms with Crippen molar-refractivity contribution in [2.75, 3.05) is 13.2 Å². The Balaban J connectivity index is 3.44. The van der Waals surface area contributed by atoms with Crippen LogP contribution in [0, 0.1) is 0 Å². The molecule has 0 aromatic rings. The van der Waals surface area contributed by atoms with E-state index in [1.165, 1.54) is 302 Å². The third-order valence-electron chi connectivity index (χ3n) is 16.0. The van der Waals surface area contributed by atoms with Gasteiger partial charge in [0, 0.05) is 12.8 Å². The molecular weight excluding hydrogens is 923 g/mol. The van der Waals surface area contributed by atoms with E-state index in [1.807, 2.05) is 0 Å². The highest BCUT2D eigenvalue weighted by molar-refractivity contribution is 5.76. The molecule has 0 radical (unpaired) electrons. The Hall–Kier alpha value is -1.66. The number of rotatable bonds is 64. The molecule has 0 rings (SSSR count). The van der Waals surface area contributed by atoms with Crippen molar-refractivity contribution >= 4 is 11.9 Å². The summed E-state index contributed by atoms with van der Waals surface area (Å²) in [6, 6.07) is -0.550. The highest BCUT2D eigenvalue weighted by atomic mass is 16.5. The second-order valence-electron chi connectivity index (χ2n) is 23.5. The van der Waals surface area contributed by atoms with Crippen molar-refractivity contribution in [1.82, 2.24) is 5.32 Å². The number of carbonyl (C=O) groups is 2. The first-order valence-electron chi connectivity index (χ1n) is 34.1. The zero-order chi connectivity index (χ0) is 54.3. The highest BCUT2D eigenvalue weighted by Gasteiger charge is 2.20. The van der Waals surface area contributed by atoms with E-state index < -0.39 is 12.1 Å². The summed E-state index contributed by atoms with van der Waals surface area (Å²) < 4.78 is 5.48. The van der Waals surface area contributed by atoms with Crippen LogP contribution in [0.3, 0.4) is 0 Å². The van der Waals surface area contributed by atoms with Crippen LogP contribution in [0.25, 0.3) is 0 Å². The van der Waals surface area contributed by atoms with E-state index in [-0.39, 0.29) is 18.5 Å². The lowest BCUT2D eigenvalue weighted by atomic mass is 10.0. The molecule has 0 fully saturated rings. The molecule has 0 aliphatic rings. The van der Waals surface area contributed by atoms with Gasteiger partial charge in [0.15, 0.2) is 0 Å². The number of carbonyl (C=O) groups excluding carboxylic acids is 2. The maximum Gasteiger partial charge on any atom is 0.305 e. The lowest BCUT2D eigenvalue weighted by Crippen LogP contribution is -2.45. The summed E-state index contributed by atoms with van der Waals surface area (Å²) in [6.45, 7) is 4.98. The minimum Gasteiger partial charge on any atom is -0.466 e. The Morgan fingerprint density at radius 3 is 1.01 bits per heavy atom. The Kier molecular flexibility index (Phi) is 63.4. The Labute approximate surface area is 469 Å². The van der Waals surface area contributed by atoms with Gasteiger partial charge < -0.3 is 20.3 Å². The van der Waals surface area contributed by atoms with E-state index in [9.17, 15) is 19.8 Å². The number of allylic oxidation sites excluding steroid dienone is 4. The molecule has 0 bridgehead atoms. The number of nitrogens with one attached hydrogen (secondary N) is 1. The van der Waals surface area contributed by atoms with Gasteiger partial charge in [0.2, 0.25) is 5.91 Å². The average molecular weight is 1060 g/mol. The van der Waals surface area contributed by atoms with Crippen LogP contribution in [-0.4, -0.2) is 47.4 Å². The predicted octanol–water partition coefficient (Wildman–Crippen LogP) is 21.8. The Morgan fingerprint density at radius 2 is 0.667 bits per heavy atom. The van der Waals surface area contributed by atoms with Crippen molar-refractivity contribution in [3.05, 3.63) is 24.3 Å². The number of unbranched alkanes of at least 4 members (excludes halogenated alkanes) is 49. The molecule has 1 amide bonds. The fourth-order valence-electron chi connectivity index (χ4n) is 10.8. The molecule has 0 spiro atoms. The zero-order valence-corrected chi connectivity index (χ0v) is 50.8. The van der Waals surface area contributed by atoms with Crippen LogP contribution in [0.2, 0.25) is 0 Å². The van der Waals surface area contributed by atoms with Crippen LogP contribution >= 0.6 is 0 Å². The lowest BCUT2D eigenvalue weighted by Gasteiger charge is -2.22. The predicted molar refractivity (Wildman–Crippen MR) is 329 cm³/mol. The molecule has 3 N–H and O–H groups in total. The monoisotopic (exact) mass is 1060 g/mol. The van der Waals surface area contributed by atoms with Crippen molar-refractivity contribution in [2.45, 2.75) is 392 Å². The molecule has 0 saturated carbocycles. The van der Waals surface area contributed by atoms with Gasteiger partial charge in [-0.05, 0) is 57.8 Å². The van der Waals surface area contributed by atoms with Crippen LogP contribution in [0.5, 0.6) is 0 Å². The summed E-state index contributed by atoms with van der Waals surface area (Å²) in [5, 5.41) is 23.4. The first-order chi connectivity index (χ1) is 37.0. The Bertz CT molecular complexity index is 1170. The molecule has 2 unspecified atom stereocenters. The summed E-state index contributed by atoms with van der Waals surface area (Å²) >= 11 is 0. The van der Waals surface area contributed by atoms with Gasteiger partial charge in [-0.25, -0.2) is 0 Å². The largest absolute Gasteiger partial charge is 0.466 e. The molecule has 2 atom stereocenters. The topological polar surface area (TPSA) is 95.9 Å². The van der Waals surface area contributed by atoms with Gasteiger partial charge in [0.05, 0.1) is 25.4 Å². The average Bonchev–Trinajstić information content (AvgIpc) is 3.41. The van der Waals surface area contributed by atoms with Crippen LogP contribution in [0.15, 0.2) is 24.3 Å². The van der Waals surface area contributed by atoms with Crippen LogP contribution < -0.4 is 5.32 Å². The maximum atomic E-state index is 12.5. The smallest absolute Gasteiger partial charge is 0.305 e. The van der Waals surface area contributed by atoms with E-state index in [2.05, 4.69) is 43.5 Å². The van der Waals surface area contributed by atoms with Crippen LogP contribution in [0.1, 0.15) is 380 Å². The first-order valence-corrected chi connectivity index (χ1v) is 34.1. The number of aliphatic hydroxyl groups is 2. The van der Waals surface area contributed by atoms with Gasteiger partial charge in [0.1, 0.15) is 0 Å². The molecule has 6 nitrogen and oxygen atoms in total. The number of hydrogen-bond donors (Lipinski definition) is 3. The summed E-state index contributed by atoms with van der Waals surface area (Å²) in [7, 11) is 0. The van der Waals surface area contributed by atoms with Crippen LogP contribution in [0.4, 0.5) is 0 Å². The normalized spacial score (nSPS) is 12.6. The van der Waals surface area contributed by atoms with E-state index in [1.54, 1.807) is 0 Å². The summed E-state index contributed by atoms with van der Waals surface area (Å²) in [5.74, 6) is -0.0313. The molecule has 444 valence electrons. The lowest BCUT2D eigenvalue weighted by molar-refractivity contribution is -0.143. The number of aliphatic hydroxyl groups excluding tert-OH is 2. The van der Waals surface area contributed by atoms with Crippen molar-refractivity contribution < 1.29 is 24.5 Å². The molecule has 0 heterocycles. The van der Waals surface area contributed by atoms with E-state index in [0.29, 0.717) is 25.9 Å². The molecule has 0 aromatic carbocycles. The van der Waals surface area contributed by atoms with Crippen molar-refractivity contribution in [3.8, 4) is 0 Å². The fraction of sp³-hybridized carbons (Fsp3) is 0.913. The van der Waals surface area contributed by atoms with Crippen molar-refractivity contribution in [3.63, 3.8) is 0 Å². The van der Waals surface area contributed by atoms with Crippen molar-refractivity contribution in [2.24, 2.45) is 0 Å². The SMILES string of the molecule is CCCCCCCCCCCCCCCCCCCCCCCC(O)C(CO)NC(=O)CCCCCCCCC/C=C\C/C=C\CCCCCCCCCCCOC(=O)CCCCCCCCCCCCCCCC. The minimum atomic E-state index is -0.672. The number of esters is 1. The molecule has 0 aliphatic heterocycles. The van der Waals surface area contributed by atoms with Crippen LogP contribution in [-0.2, 0) is 14.3 Å². The molecule has 75 heavy (non-hydrogen) atoms. The summed E-state index contributed by atoms with van der Waals surface area (Å²) in [4.78, 5) is 24.6. The fourth-order valence-corrected chi connectivity index (χ4v) is 10.8. The molecule has 0 aromatic heterocycles. The maximum absolute atomic E-state index is 12.5. The highest BCUT2D eigenvalue weighted by Crippen LogP contribution is 2.18. The second kappa shape index (κ2) is 64.9. The van der Waals surface area contributed by atoms with Gasteiger partial charge in [0.25, 0.3) is 0 Å². The van der Waals surface area contributed by atoms with E-state index in [4.69, 9.17) is 4.74 Å². The van der Waals surface area contributed by atoms with E-state index in [0.717, 1.165) is 44.9 Å². The summed E-state index contributed by atoms with van der Waals surface area (Å²) in [6.07, 6.45) is 80.6. The molecule has 0 aliphatic carbocycles. The number of ether oxygens (including phenoxy) is 1. The Morgan fingerprint density at radius 1 is 0.373 bits per heavy atom. The zero-order valence-electron chi connectivity index (χ0n) is 50.8. The van der Waals surface area contributed by atoms with Gasteiger partial charge in [-0.3, -0.25) is 9.59 Å². The van der Waals surface area contributed by atoms with Crippen molar-refractivity contribution in [1.29, 1.82) is 0 Å². The molecule has 0 saturated heterocycles. The summed E-state index contributed by atoms with van der Waals surface area (Å²) in [5.41, 5.74) is 0. The van der Waals surface area contributed by atoms with Gasteiger partial charge in [-0.15, -0.1) is 0 Å². The number of amides is 1. The third-order valence-corrected chi connectivity index (χ3v) is 16.0. The standard InChI is InChI=1S/C69H133NO5/c1-3-5-7-9-11-13-15-17-19-20-21-25-28-31-34-37-41-45-49-53-57-61-67(72)66(65-71)70-68(73)62-58-54-50-46-42-38-35-32-29-26-23-22-24-27-30-33-36-40-44-48-52-56-60-64-75-69(74)63-59-55-51-47-43-39-18-16-14-12-10-8-6-4-2/h22,24,26,29,66-67,71-72H,3-21,23,25,27-28,30-65H2,1-2H3,(H,70,73)/b24-22-,29-26-. The van der Waals surface area contributed by atoms with Gasteiger partial charge >= 0.3 is 5.97 Å². The van der Waals surface area contributed by atoms with Gasteiger partial charge in [-0.1, -0.05) is 334 Å². The first kappa shape index (κ1) is 73.3. The number of hydrogen-bond acceptors (Lipinski definition) is 5. The van der Waals surface area contributed by atoms with Gasteiger partial charge in [-0.2, -0.15) is 0 Å².